The Morgan fingerprint density at radius 2 is 1.92 bits per heavy atom. The molecule has 0 fully saturated rings. The molecule has 3 rings (SSSR count). The number of amides is 1. The third-order valence-electron chi connectivity index (χ3n) is 4.26. The number of carbonyl (C=O) groups is 1. The van der Waals surface area contributed by atoms with Crippen molar-refractivity contribution in [3.05, 3.63) is 36.2 Å². The molecule has 0 saturated heterocycles. The summed E-state index contributed by atoms with van der Waals surface area (Å²) in [4.78, 5) is 25.1. The maximum Gasteiger partial charge on any atom is 0.246 e. The van der Waals surface area contributed by atoms with Crippen LogP contribution in [0.4, 0.5) is 17.3 Å². The minimum absolute atomic E-state index is 0.00138. The summed E-state index contributed by atoms with van der Waals surface area (Å²) >= 11 is 0. The van der Waals surface area contributed by atoms with Crippen molar-refractivity contribution in [2.75, 3.05) is 56.1 Å². The smallest absolute Gasteiger partial charge is 0.246 e. The number of likely N-dealkylation sites (N-methyl/N-ethyl adjacent to an activating group) is 1. The van der Waals surface area contributed by atoms with Gasteiger partial charge in [-0.1, -0.05) is 0 Å². The Morgan fingerprint density at radius 3 is 2.62 bits per heavy atom. The number of methoxy groups -OCH3 is 2. The molecule has 8 heteroatoms. The SMILES string of the molecule is COCCNc1ncnc2c1CN(c1ccc(OC)cc1)C(=O)CN2C. The highest BCUT2D eigenvalue weighted by molar-refractivity contribution is 5.97. The molecule has 0 atom stereocenters. The van der Waals surface area contributed by atoms with Gasteiger partial charge in [-0.2, -0.15) is 0 Å². The number of benzene rings is 1. The Kier molecular flexibility index (Phi) is 5.52. The van der Waals surface area contributed by atoms with Gasteiger partial charge in [0, 0.05) is 26.4 Å². The monoisotopic (exact) mass is 357 g/mol. The van der Waals surface area contributed by atoms with Crippen LogP contribution in [-0.4, -0.2) is 56.8 Å². The molecule has 0 saturated carbocycles. The Labute approximate surface area is 152 Å². The third kappa shape index (κ3) is 3.70. The molecule has 1 aliphatic heterocycles. The molecule has 0 unspecified atom stereocenters. The average Bonchev–Trinajstić information content (AvgIpc) is 2.79. The lowest BCUT2D eigenvalue weighted by atomic mass is 10.2. The molecule has 1 amide bonds. The van der Waals surface area contributed by atoms with E-state index in [1.54, 1.807) is 19.1 Å². The van der Waals surface area contributed by atoms with Crippen LogP contribution in [0.25, 0.3) is 0 Å². The predicted molar refractivity (Wildman–Crippen MR) is 99.9 cm³/mol. The number of carbonyl (C=O) groups excluding carboxylic acids is 1. The van der Waals surface area contributed by atoms with E-state index in [0.29, 0.717) is 25.5 Å². The van der Waals surface area contributed by atoms with Crippen LogP contribution >= 0.6 is 0 Å². The van der Waals surface area contributed by atoms with Crippen molar-refractivity contribution in [2.24, 2.45) is 0 Å². The highest BCUT2D eigenvalue weighted by Gasteiger charge is 2.28. The van der Waals surface area contributed by atoms with Crippen molar-refractivity contribution < 1.29 is 14.3 Å². The van der Waals surface area contributed by atoms with E-state index in [4.69, 9.17) is 9.47 Å². The van der Waals surface area contributed by atoms with Crippen molar-refractivity contribution in [3.63, 3.8) is 0 Å². The van der Waals surface area contributed by atoms with Crippen molar-refractivity contribution in [1.82, 2.24) is 9.97 Å². The first kappa shape index (κ1) is 17.9. The molecule has 1 aliphatic rings. The molecule has 0 bridgehead atoms. The lowest BCUT2D eigenvalue weighted by Crippen LogP contribution is -2.35. The molecular formula is C18H23N5O3. The summed E-state index contributed by atoms with van der Waals surface area (Å²) < 4.78 is 10.3. The third-order valence-corrected chi connectivity index (χ3v) is 4.26. The van der Waals surface area contributed by atoms with E-state index >= 15 is 0 Å². The quantitative estimate of drug-likeness (QED) is 0.785. The van der Waals surface area contributed by atoms with E-state index in [2.05, 4.69) is 15.3 Å². The van der Waals surface area contributed by atoms with Crippen LogP contribution in [0, 0.1) is 0 Å². The van der Waals surface area contributed by atoms with Crippen molar-refractivity contribution in [1.29, 1.82) is 0 Å². The van der Waals surface area contributed by atoms with Crippen molar-refractivity contribution in [2.45, 2.75) is 6.54 Å². The number of rotatable bonds is 6. The molecule has 1 aromatic heterocycles. The van der Waals surface area contributed by atoms with Gasteiger partial charge in [-0.05, 0) is 24.3 Å². The van der Waals surface area contributed by atoms with Crippen molar-refractivity contribution >= 4 is 23.2 Å². The maximum atomic E-state index is 12.8. The Bertz CT molecular complexity index is 766. The fourth-order valence-corrected chi connectivity index (χ4v) is 2.91. The van der Waals surface area contributed by atoms with Crippen LogP contribution in [0.5, 0.6) is 5.75 Å². The van der Waals surface area contributed by atoms with E-state index in [9.17, 15) is 4.79 Å². The lowest BCUT2D eigenvalue weighted by Gasteiger charge is -2.21. The van der Waals surface area contributed by atoms with Gasteiger partial charge in [0.05, 0.1) is 32.4 Å². The summed E-state index contributed by atoms with van der Waals surface area (Å²) in [6, 6.07) is 7.45. The van der Waals surface area contributed by atoms with E-state index in [1.165, 1.54) is 6.33 Å². The number of aromatic nitrogens is 2. The number of hydrogen-bond donors (Lipinski definition) is 1. The Balaban J connectivity index is 1.94. The average molecular weight is 357 g/mol. The second-order valence-electron chi connectivity index (χ2n) is 5.98. The number of nitrogens with zero attached hydrogens (tertiary/aromatic N) is 4. The minimum atomic E-state index is -0.00138. The van der Waals surface area contributed by atoms with Gasteiger partial charge in [-0.3, -0.25) is 4.79 Å². The van der Waals surface area contributed by atoms with Crippen molar-refractivity contribution in [3.8, 4) is 5.75 Å². The standard InChI is InChI=1S/C18H23N5O3/c1-22-11-16(24)23(13-4-6-14(26-3)7-5-13)10-15-17(19-8-9-25-2)20-12-21-18(15)22/h4-7,12H,8-11H2,1-3H3,(H,19,20,21). The number of anilines is 3. The lowest BCUT2D eigenvalue weighted by molar-refractivity contribution is -0.117. The second kappa shape index (κ2) is 8.01. The van der Waals surface area contributed by atoms with Crippen LogP contribution < -0.4 is 19.9 Å². The Morgan fingerprint density at radius 1 is 1.15 bits per heavy atom. The fourth-order valence-electron chi connectivity index (χ4n) is 2.91. The summed E-state index contributed by atoms with van der Waals surface area (Å²) in [5.41, 5.74) is 1.69. The molecule has 8 nitrogen and oxygen atoms in total. The van der Waals surface area contributed by atoms with E-state index in [1.807, 2.05) is 36.2 Å². The van der Waals surface area contributed by atoms with Crippen LogP contribution in [0.1, 0.15) is 5.56 Å². The molecule has 0 spiro atoms. The van der Waals surface area contributed by atoms with Gasteiger partial charge < -0.3 is 24.6 Å². The first-order valence-electron chi connectivity index (χ1n) is 8.36. The summed E-state index contributed by atoms with van der Waals surface area (Å²) in [5, 5.41) is 3.27. The minimum Gasteiger partial charge on any atom is -0.497 e. The van der Waals surface area contributed by atoms with E-state index in [-0.39, 0.29) is 12.5 Å². The summed E-state index contributed by atoms with van der Waals surface area (Å²) in [7, 11) is 5.13. The van der Waals surface area contributed by atoms with Gasteiger partial charge in [0.2, 0.25) is 5.91 Å². The van der Waals surface area contributed by atoms with Crippen LogP contribution in [0.15, 0.2) is 30.6 Å². The van der Waals surface area contributed by atoms with Crippen LogP contribution in [-0.2, 0) is 16.1 Å². The second-order valence-corrected chi connectivity index (χ2v) is 5.98. The largest absolute Gasteiger partial charge is 0.497 e. The maximum absolute atomic E-state index is 12.8. The molecule has 0 aliphatic carbocycles. The number of hydrogen-bond acceptors (Lipinski definition) is 7. The van der Waals surface area contributed by atoms with E-state index < -0.39 is 0 Å². The first-order valence-corrected chi connectivity index (χ1v) is 8.36. The molecular weight excluding hydrogens is 334 g/mol. The topological polar surface area (TPSA) is 79.8 Å². The summed E-state index contributed by atoms with van der Waals surface area (Å²) in [5.74, 6) is 2.22. The zero-order valence-corrected chi connectivity index (χ0v) is 15.2. The fraction of sp³-hybridized carbons (Fsp3) is 0.389. The van der Waals surface area contributed by atoms with Gasteiger partial charge in [0.15, 0.2) is 0 Å². The zero-order chi connectivity index (χ0) is 18.5. The molecule has 138 valence electrons. The van der Waals surface area contributed by atoms with Crippen LogP contribution in [0.2, 0.25) is 0 Å². The van der Waals surface area contributed by atoms with Gasteiger partial charge in [0.1, 0.15) is 23.7 Å². The van der Waals surface area contributed by atoms with Gasteiger partial charge >= 0.3 is 0 Å². The normalized spacial score (nSPS) is 14.0. The molecule has 0 radical (unpaired) electrons. The summed E-state index contributed by atoms with van der Waals surface area (Å²) in [6.07, 6.45) is 1.51. The highest BCUT2D eigenvalue weighted by atomic mass is 16.5. The predicted octanol–water partition coefficient (Wildman–Crippen LogP) is 1.53. The molecule has 2 heterocycles. The van der Waals surface area contributed by atoms with Gasteiger partial charge in [-0.15, -0.1) is 0 Å². The van der Waals surface area contributed by atoms with E-state index in [0.717, 1.165) is 22.8 Å². The Hall–Kier alpha value is -2.87. The number of nitrogens with one attached hydrogen (secondary N) is 1. The number of fused-ring (bicyclic) bond motifs is 1. The molecule has 26 heavy (non-hydrogen) atoms. The number of ether oxygens (including phenoxy) is 2. The molecule has 2 aromatic rings. The summed E-state index contributed by atoms with van der Waals surface area (Å²) in [6.45, 7) is 1.82. The highest BCUT2D eigenvalue weighted by Crippen LogP contribution is 2.30. The zero-order valence-electron chi connectivity index (χ0n) is 15.2. The molecule has 1 aromatic carbocycles. The van der Waals surface area contributed by atoms with Gasteiger partial charge in [0.25, 0.3) is 0 Å². The first-order chi connectivity index (χ1) is 12.6. The molecule has 1 N–H and O–H groups in total. The van der Waals surface area contributed by atoms with Crippen LogP contribution in [0.3, 0.4) is 0 Å². The van der Waals surface area contributed by atoms with Gasteiger partial charge in [-0.25, -0.2) is 9.97 Å².